The Morgan fingerprint density at radius 1 is 0.967 bits per heavy atom. The molecule has 0 aliphatic carbocycles. The average molecular weight is 418 g/mol. The zero-order valence-corrected chi connectivity index (χ0v) is 17.2. The predicted molar refractivity (Wildman–Crippen MR) is 117 cm³/mol. The van der Waals surface area contributed by atoms with E-state index in [-0.39, 0.29) is 23.4 Å². The first-order valence-corrected chi connectivity index (χ1v) is 10.7. The van der Waals surface area contributed by atoms with Crippen molar-refractivity contribution in [3.05, 3.63) is 95.3 Å². The average Bonchev–Trinajstić information content (AvgIpc) is 3.22. The minimum Gasteiger partial charge on any atom is -0.304 e. The summed E-state index contributed by atoms with van der Waals surface area (Å²) in [4.78, 5) is 29.1. The fourth-order valence-corrected chi connectivity index (χ4v) is 5.54. The third-order valence-corrected chi connectivity index (χ3v) is 7.00. The molecule has 0 unspecified atom stereocenters. The largest absolute Gasteiger partial charge is 0.304 e. The first kappa shape index (κ1) is 18.9. The highest BCUT2D eigenvalue weighted by Crippen LogP contribution is 2.55. The molecule has 2 amide bonds. The van der Waals surface area contributed by atoms with Gasteiger partial charge in [0.2, 0.25) is 10.8 Å². The van der Waals surface area contributed by atoms with E-state index in [0.29, 0.717) is 12.2 Å². The van der Waals surface area contributed by atoms with E-state index in [1.807, 2.05) is 55.5 Å². The van der Waals surface area contributed by atoms with Crippen molar-refractivity contribution in [1.29, 1.82) is 0 Å². The van der Waals surface area contributed by atoms with Crippen LogP contribution in [0.4, 0.5) is 15.8 Å². The summed E-state index contributed by atoms with van der Waals surface area (Å²) in [6, 6.07) is 21.4. The van der Waals surface area contributed by atoms with Crippen LogP contribution in [0.25, 0.3) is 0 Å². The highest BCUT2D eigenvalue weighted by Gasteiger charge is 2.60. The molecule has 2 aliphatic heterocycles. The molecule has 0 saturated carbocycles. The van der Waals surface area contributed by atoms with Gasteiger partial charge in [-0.05, 0) is 42.8 Å². The first-order valence-electron chi connectivity index (χ1n) is 9.70. The Labute approximate surface area is 178 Å². The summed E-state index contributed by atoms with van der Waals surface area (Å²) < 4.78 is 13.3. The summed E-state index contributed by atoms with van der Waals surface area (Å²) in [5, 5.41) is 0. The zero-order chi connectivity index (χ0) is 20.9. The van der Waals surface area contributed by atoms with Gasteiger partial charge in [-0.1, -0.05) is 48.0 Å². The number of carbonyl (C=O) groups is 2. The first-order chi connectivity index (χ1) is 14.5. The number of benzene rings is 3. The topological polar surface area (TPSA) is 40.6 Å². The highest BCUT2D eigenvalue weighted by atomic mass is 32.2. The molecule has 6 heteroatoms. The molecule has 0 aromatic heterocycles. The van der Waals surface area contributed by atoms with E-state index in [0.717, 1.165) is 22.4 Å². The van der Waals surface area contributed by atoms with Gasteiger partial charge >= 0.3 is 0 Å². The van der Waals surface area contributed by atoms with E-state index >= 15 is 0 Å². The molecule has 2 aliphatic rings. The van der Waals surface area contributed by atoms with Crippen molar-refractivity contribution in [2.45, 2.75) is 18.3 Å². The van der Waals surface area contributed by atoms with Crippen molar-refractivity contribution in [2.24, 2.45) is 0 Å². The fraction of sp³-hybridized carbons (Fsp3) is 0.167. The lowest BCUT2D eigenvalue weighted by Crippen LogP contribution is -2.49. The molecule has 3 aromatic carbocycles. The van der Waals surface area contributed by atoms with Crippen LogP contribution in [0, 0.1) is 12.7 Å². The van der Waals surface area contributed by atoms with Crippen LogP contribution in [0.5, 0.6) is 0 Å². The molecule has 0 radical (unpaired) electrons. The number of anilines is 2. The molecular weight excluding hydrogens is 399 g/mol. The second-order valence-corrected chi connectivity index (χ2v) is 8.70. The predicted octanol–water partition coefficient (Wildman–Crippen LogP) is 4.61. The van der Waals surface area contributed by atoms with E-state index in [4.69, 9.17) is 0 Å². The molecule has 1 atom stereocenters. The number of thioether (sulfide) groups is 1. The van der Waals surface area contributed by atoms with Crippen molar-refractivity contribution in [3.63, 3.8) is 0 Å². The number of hydrogen-bond acceptors (Lipinski definition) is 3. The Morgan fingerprint density at radius 3 is 2.40 bits per heavy atom. The molecule has 150 valence electrons. The Morgan fingerprint density at radius 2 is 1.67 bits per heavy atom. The maximum Gasteiger partial charge on any atom is 0.269 e. The van der Waals surface area contributed by atoms with E-state index in [1.54, 1.807) is 21.9 Å². The molecule has 0 N–H and O–H groups in total. The highest BCUT2D eigenvalue weighted by molar-refractivity contribution is 8.02. The summed E-state index contributed by atoms with van der Waals surface area (Å²) in [7, 11) is 0. The number of hydrogen-bond donors (Lipinski definition) is 0. The van der Waals surface area contributed by atoms with E-state index in [2.05, 4.69) is 0 Å². The maximum absolute atomic E-state index is 13.9. The summed E-state index contributed by atoms with van der Waals surface area (Å²) >= 11 is 1.36. The molecule has 0 bridgehead atoms. The van der Waals surface area contributed by atoms with Gasteiger partial charge in [0, 0.05) is 11.3 Å². The van der Waals surface area contributed by atoms with Crippen molar-refractivity contribution in [3.8, 4) is 0 Å². The van der Waals surface area contributed by atoms with Gasteiger partial charge in [0.05, 0.1) is 18.0 Å². The molecule has 3 aromatic rings. The fourth-order valence-electron chi connectivity index (χ4n) is 4.18. The molecule has 2 heterocycles. The van der Waals surface area contributed by atoms with Gasteiger partial charge in [-0.2, -0.15) is 0 Å². The summed E-state index contributed by atoms with van der Waals surface area (Å²) in [6.07, 6.45) is 0. The number of carbonyl (C=O) groups excluding carboxylic acids is 2. The van der Waals surface area contributed by atoms with E-state index in [9.17, 15) is 14.0 Å². The second-order valence-electron chi connectivity index (χ2n) is 7.53. The molecule has 1 saturated heterocycles. The molecule has 4 nitrogen and oxygen atoms in total. The molecule has 1 fully saturated rings. The van der Waals surface area contributed by atoms with Crippen molar-refractivity contribution >= 4 is 35.0 Å². The molecular formula is C24H19FN2O2S. The standard InChI is InChI=1S/C24H19FN2O2S/c1-16-6-12-19(13-7-16)27-22(28)15-30-24(27)20-4-2-3-5-21(20)26(23(24)29)14-17-8-10-18(25)11-9-17/h2-13H,14-15H2,1H3/t24-/m0/s1. The van der Waals surface area contributed by atoms with Crippen molar-refractivity contribution in [2.75, 3.05) is 15.6 Å². The quantitative estimate of drug-likeness (QED) is 0.624. The SMILES string of the molecule is Cc1ccc(N2C(=O)CS[C@@]23C(=O)N(Cc2ccc(F)cc2)c2ccccc23)cc1. The summed E-state index contributed by atoms with van der Waals surface area (Å²) in [5.74, 6) is -0.316. The molecule has 5 rings (SSSR count). The van der Waals surface area contributed by atoms with Crippen molar-refractivity contribution < 1.29 is 14.0 Å². The van der Waals surface area contributed by atoms with Crippen LogP contribution in [0.3, 0.4) is 0 Å². The van der Waals surface area contributed by atoms with Gasteiger partial charge in [0.25, 0.3) is 5.91 Å². The third kappa shape index (κ3) is 2.75. The smallest absolute Gasteiger partial charge is 0.269 e. The number of fused-ring (bicyclic) bond motifs is 2. The van der Waals surface area contributed by atoms with Gasteiger partial charge in [-0.25, -0.2) is 4.39 Å². The Bertz CT molecular complexity index is 1150. The van der Waals surface area contributed by atoms with Crippen LogP contribution < -0.4 is 9.80 Å². The van der Waals surface area contributed by atoms with Crippen LogP contribution in [-0.4, -0.2) is 17.6 Å². The van der Waals surface area contributed by atoms with Gasteiger partial charge in [-0.3, -0.25) is 14.5 Å². The number of aryl methyl sites for hydroxylation is 1. The van der Waals surface area contributed by atoms with E-state index in [1.165, 1.54) is 23.9 Å². The lowest BCUT2D eigenvalue weighted by molar-refractivity contribution is -0.123. The van der Waals surface area contributed by atoms with Gasteiger partial charge in [-0.15, -0.1) is 11.8 Å². The van der Waals surface area contributed by atoms with Crippen LogP contribution in [0.1, 0.15) is 16.7 Å². The zero-order valence-electron chi connectivity index (χ0n) is 16.3. The Balaban J connectivity index is 1.62. The van der Waals surface area contributed by atoms with Crippen LogP contribution >= 0.6 is 11.8 Å². The number of amides is 2. The lowest BCUT2D eigenvalue weighted by atomic mass is 10.0. The second kappa shape index (κ2) is 6.99. The third-order valence-electron chi connectivity index (χ3n) is 5.61. The van der Waals surface area contributed by atoms with Gasteiger partial charge in [0.1, 0.15) is 5.82 Å². The monoisotopic (exact) mass is 418 g/mol. The Hall–Kier alpha value is -3.12. The lowest BCUT2D eigenvalue weighted by Gasteiger charge is -2.33. The number of rotatable bonds is 3. The Kier molecular flexibility index (Phi) is 4.40. The number of halogens is 1. The molecule has 1 spiro atoms. The summed E-state index contributed by atoms with van der Waals surface area (Å²) in [6.45, 7) is 2.30. The van der Waals surface area contributed by atoms with Crippen LogP contribution in [0.2, 0.25) is 0 Å². The summed E-state index contributed by atoms with van der Waals surface area (Å²) in [5.41, 5.74) is 4.22. The van der Waals surface area contributed by atoms with Crippen molar-refractivity contribution in [1.82, 2.24) is 0 Å². The minimum atomic E-state index is -1.12. The van der Waals surface area contributed by atoms with Crippen LogP contribution in [-0.2, 0) is 21.0 Å². The van der Waals surface area contributed by atoms with Gasteiger partial charge in [0.15, 0.2) is 0 Å². The number of para-hydroxylation sites is 1. The van der Waals surface area contributed by atoms with Gasteiger partial charge < -0.3 is 4.90 Å². The normalized spacial score (nSPS) is 20.3. The minimum absolute atomic E-state index is 0.0874. The molecule has 30 heavy (non-hydrogen) atoms. The maximum atomic E-state index is 13.9. The van der Waals surface area contributed by atoms with Crippen LogP contribution in [0.15, 0.2) is 72.8 Å². The number of nitrogens with zero attached hydrogens (tertiary/aromatic N) is 2. The van der Waals surface area contributed by atoms with E-state index < -0.39 is 4.87 Å².